The van der Waals surface area contributed by atoms with Crippen LogP contribution in [-0.2, 0) is 9.53 Å². The Morgan fingerprint density at radius 1 is 1.19 bits per heavy atom. The molecule has 2 unspecified atom stereocenters. The van der Waals surface area contributed by atoms with Crippen LogP contribution in [0.25, 0.3) is 0 Å². The molecule has 3 rings (SSSR count). The second kappa shape index (κ2) is 5.54. The van der Waals surface area contributed by atoms with Gasteiger partial charge in [0.1, 0.15) is 5.54 Å². The van der Waals surface area contributed by atoms with Crippen molar-refractivity contribution in [3.8, 4) is 0 Å². The van der Waals surface area contributed by atoms with Gasteiger partial charge in [0.15, 0.2) is 0 Å². The predicted octanol–water partition coefficient (Wildman–Crippen LogP) is 2.47. The van der Waals surface area contributed by atoms with Crippen molar-refractivity contribution in [3.05, 3.63) is 0 Å². The van der Waals surface area contributed by atoms with Gasteiger partial charge in [-0.15, -0.1) is 0 Å². The maximum Gasteiger partial charge on any atom is 0.326 e. The number of nitrogens with zero attached hydrogens (tertiary/aromatic N) is 1. The Morgan fingerprint density at radius 3 is 2.52 bits per heavy atom. The highest BCUT2D eigenvalue weighted by molar-refractivity contribution is 5.81. The molecular weight excluding hydrogens is 264 g/mol. The summed E-state index contributed by atoms with van der Waals surface area (Å²) in [6.45, 7) is 5.88. The van der Waals surface area contributed by atoms with E-state index in [9.17, 15) is 4.79 Å². The van der Waals surface area contributed by atoms with E-state index in [1.807, 2.05) is 0 Å². The SMILES string of the molecule is COC(=O)C1(NC2CC2)CCCC(N2CCCC2(C)C)C1. The number of esters is 1. The highest BCUT2D eigenvalue weighted by Gasteiger charge is 2.49. The first-order chi connectivity index (χ1) is 9.97. The Balaban J connectivity index is 1.77. The molecule has 0 radical (unpaired) electrons. The Morgan fingerprint density at radius 2 is 1.95 bits per heavy atom. The van der Waals surface area contributed by atoms with E-state index in [1.165, 1.54) is 45.8 Å². The zero-order valence-corrected chi connectivity index (χ0v) is 13.8. The normalized spacial score (nSPS) is 36.6. The van der Waals surface area contributed by atoms with Crippen LogP contribution in [0.4, 0.5) is 0 Å². The largest absolute Gasteiger partial charge is 0.468 e. The molecule has 2 atom stereocenters. The van der Waals surface area contributed by atoms with Gasteiger partial charge in [0.2, 0.25) is 0 Å². The van der Waals surface area contributed by atoms with Gasteiger partial charge in [-0.25, -0.2) is 0 Å². The lowest BCUT2D eigenvalue weighted by atomic mass is 9.77. The van der Waals surface area contributed by atoms with Crippen LogP contribution < -0.4 is 5.32 Å². The third-order valence-electron chi connectivity index (χ3n) is 5.76. The minimum Gasteiger partial charge on any atom is -0.468 e. The Hall–Kier alpha value is -0.610. The molecule has 120 valence electrons. The third kappa shape index (κ3) is 2.98. The quantitative estimate of drug-likeness (QED) is 0.809. The fraction of sp³-hybridized carbons (Fsp3) is 0.941. The van der Waals surface area contributed by atoms with Gasteiger partial charge in [0.25, 0.3) is 0 Å². The van der Waals surface area contributed by atoms with E-state index in [4.69, 9.17) is 4.74 Å². The summed E-state index contributed by atoms with van der Waals surface area (Å²) >= 11 is 0. The van der Waals surface area contributed by atoms with Gasteiger partial charge in [-0.2, -0.15) is 0 Å². The molecule has 4 heteroatoms. The Bertz CT molecular complexity index is 406. The van der Waals surface area contributed by atoms with Gasteiger partial charge >= 0.3 is 5.97 Å². The summed E-state index contributed by atoms with van der Waals surface area (Å²) in [5, 5.41) is 3.64. The van der Waals surface area contributed by atoms with Gasteiger partial charge in [-0.05, 0) is 71.8 Å². The number of nitrogens with one attached hydrogen (secondary N) is 1. The number of likely N-dealkylation sites (tertiary alicyclic amines) is 1. The lowest BCUT2D eigenvalue weighted by Gasteiger charge is -2.46. The molecule has 4 nitrogen and oxygen atoms in total. The Kier molecular flexibility index (Phi) is 4.04. The van der Waals surface area contributed by atoms with Crippen LogP contribution in [0, 0.1) is 0 Å². The zero-order chi connectivity index (χ0) is 15.1. The average molecular weight is 294 g/mol. The van der Waals surface area contributed by atoms with Gasteiger partial charge < -0.3 is 4.74 Å². The standard InChI is InChI=1S/C17H30N2O2/c1-16(2)9-5-11-19(16)14-6-4-10-17(12-14,15(20)21-3)18-13-7-8-13/h13-14,18H,4-12H2,1-3H3. The van der Waals surface area contributed by atoms with Crippen molar-refractivity contribution < 1.29 is 9.53 Å². The zero-order valence-electron chi connectivity index (χ0n) is 13.8. The number of methoxy groups -OCH3 is 1. The fourth-order valence-electron chi connectivity index (χ4n) is 4.51. The van der Waals surface area contributed by atoms with E-state index in [2.05, 4.69) is 24.1 Å². The first-order valence-corrected chi connectivity index (χ1v) is 8.60. The number of hydrogen-bond donors (Lipinski definition) is 1. The smallest absolute Gasteiger partial charge is 0.326 e. The van der Waals surface area contributed by atoms with Crippen molar-refractivity contribution in [3.63, 3.8) is 0 Å². The number of hydrogen-bond acceptors (Lipinski definition) is 4. The minimum absolute atomic E-state index is 0.0453. The van der Waals surface area contributed by atoms with Gasteiger partial charge in [-0.1, -0.05) is 0 Å². The van der Waals surface area contributed by atoms with E-state index in [-0.39, 0.29) is 11.5 Å². The number of rotatable bonds is 4. The molecule has 0 amide bonds. The van der Waals surface area contributed by atoms with E-state index < -0.39 is 5.54 Å². The highest BCUT2D eigenvalue weighted by Crippen LogP contribution is 2.40. The predicted molar refractivity (Wildman–Crippen MR) is 83.2 cm³/mol. The molecule has 0 bridgehead atoms. The number of carbonyl (C=O) groups excluding carboxylic acids is 1. The summed E-state index contributed by atoms with van der Waals surface area (Å²) in [6.07, 6.45) is 9.15. The molecule has 0 aromatic carbocycles. The molecule has 1 aliphatic heterocycles. The summed E-state index contributed by atoms with van der Waals surface area (Å²) in [5.41, 5.74) is -0.152. The summed E-state index contributed by atoms with van der Waals surface area (Å²) in [6, 6.07) is 1.05. The molecule has 1 N–H and O–H groups in total. The van der Waals surface area contributed by atoms with Crippen LogP contribution in [0.5, 0.6) is 0 Å². The number of carbonyl (C=O) groups is 1. The van der Waals surface area contributed by atoms with Gasteiger partial charge in [0, 0.05) is 17.6 Å². The molecule has 3 aliphatic rings. The van der Waals surface area contributed by atoms with Crippen molar-refractivity contribution >= 4 is 5.97 Å². The first-order valence-electron chi connectivity index (χ1n) is 8.60. The van der Waals surface area contributed by atoms with Crippen molar-refractivity contribution in [2.45, 2.75) is 88.4 Å². The molecule has 0 aromatic heterocycles. The van der Waals surface area contributed by atoms with Crippen molar-refractivity contribution in [1.82, 2.24) is 10.2 Å². The van der Waals surface area contributed by atoms with Crippen molar-refractivity contribution in [1.29, 1.82) is 0 Å². The second-order valence-corrected chi connectivity index (χ2v) is 7.85. The molecule has 0 spiro atoms. The topological polar surface area (TPSA) is 41.6 Å². The molecule has 0 aromatic rings. The number of ether oxygens (including phenoxy) is 1. The monoisotopic (exact) mass is 294 g/mol. The highest BCUT2D eigenvalue weighted by atomic mass is 16.5. The van der Waals surface area contributed by atoms with Crippen LogP contribution in [-0.4, -0.2) is 47.7 Å². The third-order valence-corrected chi connectivity index (χ3v) is 5.76. The molecule has 1 heterocycles. The first kappa shape index (κ1) is 15.3. The van der Waals surface area contributed by atoms with E-state index in [0.29, 0.717) is 12.1 Å². The van der Waals surface area contributed by atoms with Crippen LogP contribution in [0.2, 0.25) is 0 Å². The lowest BCUT2D eigenvalue weighted by Crippen LogP contribution is -2.60. The van der Waals surface area contributed by atoms with E-state index >= 15 is 0 Å². The van der Waals surface area contributed by atoms with Crippen LogP contribution in [0.15, 0.2) is 0 Å². The van der Waals surface area contributed by atoms with Crippen LogP contribution >= 0.6 is 0 Å². The fourth-order valence-corrected chi connectivity index (χ4v) is 4.51. The summed E-state index contributed by atoms with van der Waals surface area (Å²) < 4.78 is 5.16. The van der Waals surface area contributed by atoms with Crippen LogP contribution in [0.1, 0.15) is 65.2 Å². The van der Waals surface area contributed by atoms with E-state index in [0.717, 1.165) is 19.3 Å². The van der Waals surface area contributed by atoms with Gasteiger partial charge in [0.05, 0.1) is 7.11 Å². The van der Waals surface area contributed by atoms with Crippen molar-refractivity contribution in [2.24, 2.45) is 0 Å². The Labute approximate surface area is 128 Å². The lowest BCUT2D eigenvalue weighted by molar-refractivity contribution is -0.151. The average Bonchev–Trinajstić information content (AvgIpc) is 3.19. The summed E-state index contributed by atoms with van der Waals surface area (Å²) in [7, 11) is 1.53. The van der Waals surface area contributed by atoms with E-state index in [1.54, 1.807) is 0 Å². The molecule has 2 aliphatic carbocycles. The second-order valence-electron chi connectivity index (χ2n) is 7.85. The van der Waals surface area contributed by atoms with Crippen LogP contribution in [0.3, 0.4) is 0 Å². The molecule has 2 saturated carbocycles. The summed E-state index contributed by atoms with van der Waals surface area (Å²) in [4.78, 5) is 15.1. The minimum atomic E-state index is -0.433. The maximum absolute atomic E-state index is 12.5. The summed E-state index contributed by atoms with van der Waals surface area (Å²) in [5.74, 6) is -0.0453. The molecular formula is C17H30N2O2. The van der Waals surface area contributed by atoms with Crippen molar-refractivity contribution in [2.75, 3.05) is 13.7 Å². The molecule has 21 heavy (non-hydrogen) atoms. The maximum atomic E-state index is 12.5. The molecule has 1 saturated heterocycles. The van der Waals surface area contributed by atoms with Gasteiger partial charge in [-0.3, -0.25) is 15.0 Å². The molecule has 3 fully saturated rings.